The van der Waals surface area contributed by atoms with Gasteiger partial charge in [-0.25, -0.2) is 9.83 Å². The summed E-state index contributed by atoms with van der Waals surface area (Å²) in [6, 6.07) is 68.0. The molecule has 0 saturated carbocycles. The summed E-state index contributed by atoms with van der Waals surface area (Å²) in [5.41, 5.74) is 11.1. The van der Waals surface area contributed by atoms with Gasteiger partial charge in [-0.15, -0.1) is 0 Å². The van der Waals surface area contributed by atoms with Crippen molar-refractivity contribution in [3.63, 3.8) is 0 Å². The van der Waals surface area contributed by atoms with E-state index < -0.39 is 13.7 Å². The summed E-state index contributed by atoms with van der Waals surface area (Å²) < 4.78 is 16.6. The molecule has 3 heterocycles. The van der Waals surface area contributed by atoms with Crippen molar-refractivity contribution in [3.05, 3.63) is 277 Å². The van der Waals surface area contributed by atoms with Crippen molar-refractivity contribution in [2.75, 3.05) is 13.2 Å². The third-order valence-electron chi connectivity index (χ3n) is 22.0. The van der Waals surface area contributed by atoms with E-state index in [1.807, 2.05) is 54.7 Å². The maximum absolute atomic E-state index is 12.1. The Balaban J connectivity index is 1.29. The molecule has 0 N–H and O–H groups in total. The number of hydrogen-bond acceptors (Lipinski definition) is 8. The van der Waals surface area contributed by atoms with E-state index in [9.17, 15) is 11.8 Å². The molecule has 0 bridgehead atoms. The van der Waals surface area contributed by atoms with E-state index in [0.29, 0.717) is 113 Å². The number of halogens is 4. The van der Waals surface area contributed by atoms with Crippen LogP contribution >= 0.6 is 46.4 Å². The van der Waals surface area contributed by atoms with E-state index >= 15 is 0 Å². The van der Waals surface area contributed by atoms with Gasteiger partial charge in [0, 0.05) is 34.4 Å². The average molecular weight is 1610 g/mol. The molecular weight excluding hydrogens is 1500 g/mol. The number of hydrogen-bond donors (Lipinski definition) is 0. The van der Waals surface area contributed by atoms with Crippen LogP contribution in [-0.2, 0) is 0 Å². The highest BCUT2D eigenvalue weighted by molar-refractivity contribution is 6.85. The standard InChI is InChI=1S/C99H112B2Cl4N8O2/c1-65(55-96(6,7)8)39-41-72(67(3)57-98(12,13)14)63-114-79-47-43-70(44-48-79)93-69(5)91(95(92(107-18)90-61-109-86-52-82(103)84(105)54-88(86)111-90)113(93)101(77-35-27-21-28-36-77)78-37-29-22-30-38-78)94(71-45-49-80(50-46-71)115-64-73(68(4)58-99(15,16)17)42-40-66(2)56-97(9,10)11)112(100(75-31-23-19-24-32-75)76-33-25-20-26-34-76)62-74(59-106)89-60-108-85-51-81(102)83(104)53-87(85)110-89/h19-38,43-54,60-62,65-68,72-73H,39-42,55-58,63-64H2,1-17H3/b74-62-,94-91+,95-92?. The fourth-order valence-corrected chi connectivity index (χ4v) is 17.9. The first-order chi connectivity index (χ1) is 54.6. The van der Waals surface area contributed by atoms with Crippen molar-refractivity contribution in [1.82, 2.24) is 29.2 Å². The molecule has 6 unspecified atom stereocenters. The van der Waals surface area contributed by atoms with Crippen molar-refractivity contribution in [2.24, 2.45) is 57.2 Å². The van der Waals surface area contributed by atoms with Gasteiger partial charge in [0.25, 0.3) is 0 Å². The number of fused-ring (bicyclic) bond motifs is 2. The zero-order valence-corrected chi connectivity index (χ0v) is 73.3. The van der Waals surface area contributed by atoms with Crippen LogP contribution < -0.4 is 41.9 Å². The highest BCUT2D eigenvalue weighted by Gasteiger charge is 2.37. The predicted molar refractivity (Wildman–Crippen MR) is 487 cm³/mol. The van der Waals surface area contributed by atoms with Gasteiger partial charge in [0.2, 0.25) is 5.70 Å². The van der Waals surface area contributed by atoms with Crippen LogP contribution in [0.4, 0.5) is 0 Å². The molecule has 3 aromatic heterocycles. The van der Waals surface area contributed by atoms with Crippen molar-refractivity contribution in [2.45, 2.75) is 169 Å². The van der Waals surface area contributed by atoms with Crippen LogP contribution in [0.3, 0.4) is 0 Å². The molecule has 0 saturated heterocycles. The molecule has 0 aliphatic heterocycles. The van der Waals surface area contributed by atoms with E-state index in [0.717, 1.165) is 101 Å². The Bertz CT molecular complexity index is 5310. The van der Waals surface area contributed by atoms with Gasteiger partial charge in [0.05, 0.1) is 79.4 Å². The van der Waals surface area contributed by atoms with Gasteiger partial charge in [0.1, 0.15) is 23.3 Å². The molecule has 0 radical (unpaired) electrons. The normalized spacial score (nSPS) is 14.4. The van der Waals surface area contributed by atoms with Crippen molar-refractivity contribution in [1.29, 1.82) is 5.26 Å². The Morgan fingerprint density at radius 2 is 0.896 bits per heavy atom. The van der Waals surface area contributed by atoms with Gasteiger partial charge in [-0.05, 0) is 192 Å². The number of nitriles is 1. The summed E-state index contributed by atoms with van der Waals surface area (Å²) in [5, 5.41) is 14.5. The second-order valence-electron chi connectivity index (χ2n) is 37.0. The Kier molecular flexibility index (Phi) is 28.6. The van der Waals surface area contributed by atoms with Crippen LogP contribution in [0.1, 0.15) is 185 Å². The molecule has 10 nitrogen and oxygen atoms in total. The third kappa shape index (κ3) is 22.7. The summed E-state index contributed by atoms with van der Waals surface area (Å²) in [6.07, 6.45) is 13.9. The molecule has 11 rings (SSSR count). The second kappa shape index (κ2) is 37.9. The van der Waals surface area contributed by atoms with E-state index in [1.54, 1.807) is 36.7 Å². The van der Waals surface area contributed by atoms with Gasteiger partial charge in [-0.3, -0.25) is 15.0 Å². The number of rotatable bonds is 30. The lowest BCUT2D eigenvalue weighted by molar-refractivity contribution is 0.147. The number of allylic oxidation sites excluding steroid dienone is 1. The Morgan fingerprint density at radius 1 is 0.513 bits per heavy atom. The summed E-state index contributed by atoms with van der Waals surface area (Å²) in [5.74, 6) is 4.01. The van der Waals surface area contributed by atoms with Crippen LogP contribution in [0.25, 0.3) is 55.1 Å². The maximum Gasteiger partial charge on any atom is 0.327 e. The van der Waals surface area contributed by atoms with Crippen LogP contribution in [-0.4, -0.2) is 56.1 Å². The first kappa shape index (κ1) is 86.7. The molecule has 0 aliphatic rings. The summed E-state index contributed by atoms with van der Waals surface area (Å²) in [4.78, 5) is 27.5. The lowest BCUT2D eigenvalue weighted by atomic mass is 9.49. The molecule has 0 spiro atoms. The Morgan fingerprint density at radius 3 is 1.30 bits per heavy atom. The smallest absolute Gasteiger partial charge is 0.327 e. The maximum atomic E-state index is 12.1. The fourth-order valence-electron chi connectivity index (χ4n) is 17.3. The largest absolute Gasteiger partial charge is 0.493 e. The van der Waals surface area contributed by atoms with Crippen LogP contribution in [0.15, 0.2) is 213 Å². The minimum absolute atomic E-state index is 0.122. The summed E-state index contributed by atoms with van der Waals surface area (Å²) in [7, 11) is 0. The van der Waals surface area contributed by atoms with Crippen LogP contribution in [0.2, 0.25) is 20.1 Å². The van der Waals surface area contributed by atoms with Gasteiger partial charge >= 0.3 is 13.7 Å². The van der Waals surface area contributed by atoms with Crippen molar-refractivity contribution < 1.29 is 9.47 Å². The van der Waals surface area contributed by atoms with Crippen molar-refractivity contribution in [3.8, 4) is 28.8 Å². The minimum Gasteiger partial charge on any atom is -0.493 e. The highest BCUT2D eigenvalue weighted by atomic mass is 35.5. The lowest BCUT2D eigenvalue weighted by Gasteiger charge is -2.33. The molecule has 6 atom stereocenters. The summed E-state index contributed by atoms with van der Waals surface area (Å²) in [6.45, 7) is 49.6. The monoisotopic (exact) mass is 1610 g/mol. The quantitative estimate of drug-likeness (QED) is 0.0249. The van der Waals surface area contributed by atoms with Crippen LogP contribution in [0.5, 0.6) is 11.5 Å². The Hall–Kier alpha value is -9.13. The molecule has 115 heavy (non-hydrogen) atoms. The number of benzene rings is 8. The van der Waals surface area contributed by atoms with E-state index in [4.69, 9.17) is 80.7 Å². The third-order valence-corrected chi connectivity index (χ3v) is 23.4. The van der Waals surface area contributed by atoms with E-state index in [1.165, 1.54) is 0 Å². The molecule has 11 aromatic rings. The zero-order chi connectivity index (χ0) is 82.7. The number of nitrogens with zero attached hydrogens (tertiary/aromatic N) is 8. The van der Waals surface area contributed by atoms with Gasteiger partial charge in [0.15, 0.2) is 0 Å². The topological polar surface area (TPSA) is 106 Å². The molecular formula is C99H112B2Cl4N8O2. The zero-order valence-electron chi connectivity index (χ0n) is 70.3. The average Bonchev–Trinajstić information content (AvgIpc) is 1.56. The second-order valence-corrected chi connectivity index (χ2v) is 38.6. The number of ether oxygens (including phenoxy) is 2. The number of aromatic nitrogens is 5. The predicted octanol–water partition coefficient (Wildman–Crippen LogP) is 23.4. The first-order valence-electron chi connectivity index (χ1n) is 40.8. The SMILES string of the molecule is [C-]#[N+]C(c1cnc2cc(Cl)c(Cl)cc2n1)=c1/c(=C(\c2ccc(OCC(CCC(C)CC(C)(C)C)C(C)CC(C)(C)C)cc2)N(/C=C(/C#N)c2cnc3cc(Cl)c(Cl)cc3n2)B(c2ccccc2)c2ccccc2)c(C)c(-c2ccc(OCC(CCC(C)CC(C)(C)C)C(C)CC(C)(C)C)cc2)n1B(c1ccccc1)c1ccccc1. The molecule has 0 fully saturated rings. The first-order valence-corrected chi connectivity index (χ1v) is 42.3. The van der Waals surface area contributed by atoms with E-state index in [-0.39, 0.29) is 44.5 Å². The molecule has 0 aliphatic carbocycles. The summed E-state index contributed by atoms with van der Waals surface area (Å²) >= 11 is 27.1. The minimum atomic E-state index is -0.695. The molecule has 8 aromatic carbocycles. The fraction of sp³-hybridized carbons (Fsp3) is 0.374. The van der Waals surface area contributed by atoms with Crippen molar-refractivity contribution >= 4 is 121 Å². The molecule has 594 valence electrons. The van der Waals surface area contributed by atoms with E-state index in [2.05, 4.69) is 254 Å². The molecule has 16 heteroatoms. The van der Waals surface area contributed by atoms with Gasteiger partial charge in [-0.1, -0.05) is 313 Å². The van der Waals surface area contributed by atoms with Crippen LogP contribution in [0, 0.1) is 82.0 Å². The van der Waals surface area contributed by atoms with Gasteiger partial charge in [-0.2, -0.15) is 5.26 Å². The Labute approximate surface area is 705 Å². The highest BCUT2D eigenvalue weighted by Crippen LogP contribution is 2.39. The van der Waals surface area contributed by atoms with Gasteiger partial charge < -0.3 is 18.8 Å². The molecule has 0 amide bonds. The lowest BCUT2D eigenvalue weighted by Crippen LogP contribution is -2.57.